The summed E-state index contributed by atoms with van der Waals surface area (Å²) in [6.07, 6.45) is 2.49. The molecule has 0 saturated carbocycles. The third-order valence-electron chi connectivity index (χ3n) is 6.20. The van der Waals surface area contributed by atoms with Crippen LogP contribution in [0, 0.1) is 0 Å². The van der Waals surface area contributed by atoms with Crippen molar-refractivity contribution in [3.05, 3.63) is 94.2 Å². The summed E-state index contributed by atoms with van der Waals surface area (Å²) in [6, 6.07) is 18.4. The molecule has 2 aliphatic rings. The monoisotopic (exact) mass is 471 g/mol. The van der Waals surface area contributed by atoms with Crippen molar-refractivity contribution >= 4 is 17.8 Å². The number of benzene rings is 3. The Morgan fingerprint density at radius 1 is 1.06 bits per heavy atom. The fraction of sp³-hybridized carbons (Fsp3) is 0.214. The summed E-state index contributed by atoms with van der Waals surface area (Å²) in [5, 5.41) is 0. The zero-order valence-corrected chi connectivity index (χ0v) is 19.6. The van der Waals surface area contributed by atoms with Crippen LogP contribution < -0.4 is 14.2 Å². The van der Waals surface area contributed by atoms with Crippen LogP contribution in [0.4, 0.5) is 0 Å². The Morgan fingerprint density at radius 2 is 1.86 bits per heavy atom. The molecule has 7 heteroatoms. The minimum absolute atomic E-state index is 0.175. The number of hydrogen-bond acceptors (Lipinski definition) is 7. The number of esters is 1. The largest absolute Gasteiger partial charge is 0.496 e. The van der Waals surface area contributed by atoms with Crippen molar-refractivity contribution in [1.29, 1.82) is 0 Å². The van der Waals surface area contributed by atoms with Gasteiger partial charge in [0, 0.05) is 13.1 Å². The number of ether oxygens (including phenoxy) is 4. The average molecular weight is 472 g/mol. The van der Waals surface area contributed by atoms with E-state index in [1.165, 1.54) is 7.11 Å². The number of hydrogen-bond donors (Lipinski definition) is 0. The molecule has 3 aromatic rings. The number of rotatable bonds is 6. The first kappa shape index (κ1) is 22.7. The lowest BCUT2D eigenvalue weighted by molar-refractivity contribution is 0.0600. The number of carbonyl (C=O) groups is 2. The van der Waals surface area contributed by atoms with Crippen molar-refractivity contribution in [1.82, 2.24) is 4.90 Å². The van der Waals surface area contributed by atoms with E-state index in [2.05, 4.69) is 11.0 Å². The van der Waals surface area contributed by atoms with Crippen molar-refractivity contribution in [2.24, 2.45) is 0 Å². The van der Waals surface area contributed by atoms with Gasteiger partial charge < -0.3 is 18.9 Å². The summed E-state index contributed by atoms with van der Waals surface area (Å²) in [6.45, 7) is 1.85. The molecule has 178 valence electrons. The molecular weight excluding hydrogens is 446 g/mol. The Morgan fingerprint density at radius 3 is 2.63 bits per heavy atom. The zero-order valence-electron chi connectivity index (χ0n) is 19.6. The Labute approximate surface area is 203 Å². The lowest BCUT2D eigenvalue weighted by atomic mass is 10.0. The van der Waals surface area contributed by atoms with Gasteiger partial charge in [-0.15, -0.1) is 0 Å². The minimum atomic E-state index is -0.410. The first-order valence-electron chi connectivity index (χ1n) is 11.3. The van der Waals surface area contributed by atoms with Gasteiger partial charge in [-0.3, -0.25) is 9.69 Å². The van der Waals surface area contributed by atoms with Gasteiger partial charge in [0.1, 0.15) is 24.0 Å². The van der Waals surface area contributed by atoms with Gasteiger partial charge in [-0.05, 0) is 54.0 Å². The first-order valence-corrected chi connectivity index (χ1v) is 11.3. The van der Waals surface area contributed by atoms with Gasteiger partial charge in [0.15, 0.2) is 5.76 Å². The van der Waals surface area contributed by atoms with Crippen LogP contribution in [0.2, 0.25) is 0 Å². The van der Waals surface area contributed by atoms with Crippen LogP contribution in [-0.4, -0.2) is 44.1 Å². The van der Waals surface area contributed by atoms with Crippen LogP contribution in [0.1, 0.15) is 37.4 Å². The molecule has 5 rings (SSSR count). The van der Waals surface area contributed by atoms with Crippen molar-refractivity contribution in [3.63, 3.8) is 0 Å². The highest BCUT2D eigenvalue weighted by Crippen LogP contribution is 2.42. The van der Waals surface area contributed by atoms with E-state index in [9.17, 15) is 9.59 Å². The van der Waals surface area contributed by atoms with Crippen molar-refractivity contribution in [3.8, 4) is 17.2 Å². The average Bonchev–Trinajstić information content (AvgIpc) is 3.22. The number of Topliss-reactive ketones (excluding diaryl/α,β-unsaturated/α-hetero) is 1. The number of allylic oxidation sites excluding steroid dienone is 1. The van der Waals surface area contributed by atoms with Crippen LogP contribution in [0.25, 0.3) is 6.08 Å². The van der Waals surface area contributed by atoms with Crippen LogP contribution in [-0.2, 0) is 17.7 Å². The number of carbonyl (C=O) groups excluding carboxylic acids is 2. The molecule has 35 heavy (non-hydrogen) atoms. The number of para-hydroxylation sites is 1. The molecule has 0 bridgehead atoms. The molecule has 0 saturated heterocycles. The highest BCUT2D eigenvalue weighted by Gasteiger charge is 2.33. The van der Waals surface area contributed by atoms with Crippen molar-refractivity contribution in [2.75, 3.05) is 27.5 Å². The van der Waals surface area contributed by atoms with Crippen LogP contribution in [0.5, 0.6) is 17.2 Å². The summed E-state index contributed by atoms with van der Waals surface area (Å²) in [7, 11) is 3.01. The highest BCUT2D eigenvalue weighted by atomic mass is 16.5. The van der Waals surface area contributed by atoms with E-state index in [-0.39, 0.29) is 11.5 Å². The Balaban J connectivity index is 1.33. The molecule has 0 spiro atoms. The molecular formula is C28H25NO6. The van der Waals surface area contributed by atoms with Gasteiger partial charge in [-0.25, -0.2) is 4.79 Å². The molecule has 7 nitrogen and oxygen atoms in total. The maximum atomic E-state index is 13.0. The summed E-state index contributed by atoms with van der Waals surface area (Å²) in [4.78, 5) is 26.9. The molecule has 0 amide bonds. The molecule has 0 aliphatic carbocycles. The van der Waals surface area contributed by atoms with Gasteiger partial charge in [-0.2, -0.15) is 0 Å². The molecule has 0 unspecified atom stereocenters. The smallest absolute Gasteiger partial charge is 0.337 e. The Kier molecular flexibility index (Phi) is 6.25. The van der Waals surface area contributed by atoms with Gasteiger partial charge >= 0.3 is 5.97 Å². The van der Waals surface area contributed by atoms with Gasteiger partial charge in [0.05, 0.1) is 30.9 Å². The molecule has 2 aliphatic heterocycles. The molecule has 2 heterocycles. The summed E-state index contributed by atoms with van der Waals surface area (Å²) in [5.41, 5.74) is 3.71. The summed E-state index contributed by atoms with van der Waals surface area (Å²) in [5.74, 6) is 1.80. The van der Waals surface area contributed by atoms with E-state index >= 15 is 0 Å². The fourth-order valence-electron chi connectivity index (χ4n) is 4.32. The Bertz CT molecular complexity index is 1310. The lowest BCUT2D eigenvalue weighted by Crippen LogP contribution is -2.33. The minimum Gasteiger partial charge on any atom is -0.496 e. The first-order chi connectivity index (χ1) is 17.1. The third kappa shape index (κ3) is 4.50. The van der Waals surface area contributed by atoms with E-state index < -0.39 is 5.97 Å². The van der Waals surface area contributed by atoms with Gasteiger partial charge in [-0.1, -0.05) is 30.3 Å². The van der Waals surface area contributed by atoms with E-state index in [1.54, 1.807) is 43.5 Å². The predicted molar refractivity (Wildman–Crippen MR) is 130 cm³/mol. The van der Waals surface area contributed by atoms with E-state index in [0.717, 1.165) is 41.2 Å². The standard InChI is InChI=1S/C28H25NO6/c1-32-23-6-4-3-5-19(23)13-14-29-16-22-24(34-17-29)12-11-21-26(30)25(35-27(21)22)15-18-7-9-20(10-8-18)28(31)33-2/h3-12,15H,13-14,16-17H2,1-2H3/b25-15-. The van der Waals surface area contributed by atoms with Crippen LogP contribution in [0.15, 0.2) is 66.4 Å². The molecule has 0 aromatic heterocycles. The summed E-state index contributed by atoms with van der Waals surface area (Å²) < 4.78 is 22.2. The predicted octanol–water partition coefficient (Wildman–Crippen LogP) is 4.49. The normalized spacial score (nSPS) is 15.7. The molecule has 0 fully saturated rings. The molecule has 3 aromatic carbocycles. The number of methoxy groups -OCH3 is 2. The second kappa shape index (κ2) is 9.64. The lowest BCUT2D eigenvalue weighted by Gasteiger charge is -2.29. The second-order valence-electron chi connectivity index (χ2n) is 8.36. The number of fused-ring (bicyclic) bond motifs is 3. The highest BCUT2D eigenvalue weighted by molar-refractivity contribution is 6.15. The molecule has 0 N–H and O–H groups in total. The van der Waals surface area contributed by atoms with Crippen molar-refractivity contribution < 1.29 is 28.5 Å². The SMILES string of the molecule is COC(=O)c1ccc(/C=C2\Oc3c(ccc4c3CN(CCc3ccccc3OC)CO4)C2=O)cc1. The second-order valence-corrected chi connectivity index (χ2v) is 8.36. The number of nitrogens with zero attached hydrogens (tertiary/aromatic N) is 1. The molecule has 0 radical (unpaired) electrons. The van der Waals surface area contributed by atoms with E-state index in [0.29, 0.717) is 30.2 Å². The van der Waals surface area contributed by atoms with Crippen molar-refractivity contribution in [2.45, 2.75) is 13.0 Å². The van der Waals surface area contributed by atoms with Crippen LogP contribution >= 0.6 is 0 Å². The topological polar surface area (TPSA) is 74.3 Å². The maximum absolute atomic E-state index is 13.0. The fourth-order valence-corrected chi connectivity index (χ4v) is 4.32. The van der Waals surface area contributed by atoms with Gasteiger partial charge in [0.25, 0.3) is 0 Å². The van der Waals surface area contributed by atoms with E-state index in [4.69, 9.17) is 18.9 Å². The van der Waals surface area contributed by atoms with E-state index in [1.807, 2.05) is 24.3 Å². The third-order valence-corrected chi connectivity index (χ3v) is 6.20. The zero-order chi connectivity index (χ0) is 24.4. The Hall–Kier alpha value is -4.10. The quantitative estimate of drug-likeness (QED) is 0.387. The summed E-state index contributed by atoms with van der Waals surface area (Å²) >= 11 is 0. The maximum Gasteiger partial charge on any atom is 0.337 e. The molecule has 0 atom stereocenters. The number of ketones is 1. The van der Waals surface area contributed by atoms with Gasteiger partial charge in [0.2, 0.25) is 5.78 Å². The van der Waals surface area contributed by atoms with Crippen LogP contribution in [0.3, 0.4) is 0 Å².